The molecule has 6 nitrogen and oxygen atoms in total. The molecule has 1 unspecified atom stereocenters. The lowest BCUT2D eigenvalue weighted by Crippen LogP contribution is -2.37. The van der Waals surface area contributed by atoms with E-state index in [1.54, 1.807) is 0 Å². The molecule has 9 heteroatoms. The Morgan fingerprint density at radius 3 is 1.88 bits per heavy atom. The summed E-state index contributed by atoms with van der Waals surface area (Å²) in [6.45, 7) is -0.0446. The first-order valence-corrected chi connectivity index (χ1v) is 10.0. The maximum Gasteiger partial charge on any atom is 0.332 e. The van der Waals surface area contributed by atoms with E-state index in [9.17, 15) is 27.6 Å². The number of rotatable bonds is 6. The highest BCUT2D eigenvalue weighted by molar-refractivity contribution is 6.22. The van der Waals surface area contributed by atoms with Crippen molar-refractivity contribution in [3.8, 4) is 0 Å². The van der Waals surface area contributed by atoms with E-state index < -0.39 is 41.3 Å². The molecule has 1 saturated heterocycles. The second kappa shape index (κ2) is 9.15. The molecule has 3 aromatic rings. The molecule has 0 radical (unpaired) electrons. The number of hydrogen-bond acceptors (Lipinski definition) is 3. The van der Waals surface area contributed by atoms with E-state index in [1.165, 1.54) is 65.6 Å². The van der Waals surface area contributed by atoms with E-state index in [4.69, 9.17) is 0 Å². The number of carbonyl (C=O) groups excluding carboxylic acids is 3. The minimum Gasteiger partial charge on any atom is -0.326 e. The molecule has 1 N–H and O–H groups in total. The molecule has 1 aliphatic rings. The molecule has 0 saturated carbocycles. The molecule has 1 heterocycles. The van der Waals surface area contributed by atoms with Crippen molar-refractivity contribution in [1.29, 1.82) is 0 Å². The van der Waals surface area contributed by atoms with E-state index >= 15 is 0 Å². The van der Waals surface area contributed by atoms with E-state index in [-0.39, 0.29) is 18.7 Å². The number of hydrogen-bond donors (Lipinski definition) is 1. The average Bonchev–Trinajstić information content (AvgIpc) is 3.01. The Balaban J connectivity index is 1.59. The highest BCUT2D eigenvalue weighted by atomic mass is 19.1. The Bertz CT molecular complexity index is 1180. The normalized spacial score (nSPS) is 15.8. The second-order valence-corrected chi connectivity index (χ2v) is 7.46. The lowest BCUT2D eigenvalue weighted by molar-refractivity contribution is -0.124. The summed E-state index contributed by atoms with van der Waals surface area (Å²) < 4.78 is 39.7. The first-order chi connectivity index (χ1) is 15.8. The number of halogens is 3. The Morgan fingerprint density at radius 1 is 0.788 bits per heavy atom. The van der Waals surface area contributed by atoms with Gasteiger partial charge < -0.3 is 10.2 Å². The smallest absolute Gasteiger partial charge is 0.326 e. The molecule has 4 amide bonds. The van der Waals surface area contributed by atoms with Gasteiger partial charge in [0, 0.05) is 12.2 Å². The van der Waals surface area contributed by atoms with Gasteiger partial charge in [-0.1, -0.05) is 12.1 Å². The summed E-state index contributed by atoms with van der Waals surface area (Å²) in [6, 6.07) is 13.5. The summed E-state index contributed by atoms with van der Waals surface area (Å²) in [7, 11) is 0. The van der Waals surface area contributed by atoms with Crippen LogP contribution in [0, 0.1) is 17.5 Å². The van der Waals surface area contributed by atoms with Crippen LogP contribution in [0.25, 0.3) is 0 Å². The molecular weight excluding hydrogens is 435 g/mol. The summed E-state index contributed by atoms with van der Waals surface area (Å²) in [4.78, 5) is 41.0. The monoisotopic (exact) mass is 453 g/mol. The number of urea groups is 1. The van der Waals surface area contributed by atoms with Gasteiger partial charge in [0.05, 0.1) is 12.1 Å². The standard InChI is InChI=1S/C24H18F3N3O3/c25-16-3-1-15(2-4-16)14-29-21(13-22(31)28-19-9-5-17(26)6-10-19)23(32)30(24(29)33)20-11-7-18(27)8-12-20/h1-12,21H,13-14H2,(H,28,31). The number of anilines is 2. The molecule has 3 aromatic carbocycles. The molecule has 0 bridgehead atoms. The Labute approximate surface area is 187 Å². The summed E-state index contributed by atoms with van der Waals surface area (Å²) in [6.07, 6.45) is -0.360. The number of nitrogens with zero attached hydrogens (tertiary/aromatic N) is 2. The highest BCUT2D eigenvalue weighted by Gasteiger charge is 2.46. The lowest BCUT2D eigenvalue weighted by Gasteiger charge is -2.21. The van der Waals surface area contributed by atoms with Crippen LogP contribution < -0.4 is 10.2 Å². The summed E-state index contributed by atoms with van der Waals surface area (Å²) in [5.41, 5.74) is 1.05. The molecule has 0 aliphatic carbocycles. The van der Waals surface area contributed by atoms with Crippen LogP contribution in [0.1, 0.15) is 12.0 Å². The van der Waals surface area contributed by atoms with Crippen LogP contribution in [0.2, 0.25) is 0 Å². The predicted molar refractivity (Wildman–Crippen MR) is 115 cm³/mol. The number of amides is 4. The number of carbonyl (C=O) groups is 3. The first kappa shape index (κ1) is 22.1. The lowest BCUT2D eigenvalue weighted by atomic mass is 10.1. The quantitative estimate of drug-likeness (QED) is 0.560. The maximum atomic E-state index is 13.3. The number of imide groups is 1. The van der Waals surface area contributed by atoms with Crippen molar-refractivity contribution >= 4 is 29.2 Å². The van der Waals surface area contributed by atoms with Crippen LogP contribution in [0.4, 0.5) is 29.3 Å². The topological polar surface area (TPSA) is 69.7 Å². The van der Waals surface area contributed by atoms with Crippen LogP contribution in [0.3, 0.4) is 0 Å². The predicted octanol–water partition coefficient (Wildman–Crippen LogP) is 4.47. The van der Waals surface area contributed by atoms with Gasteiger partial charge in [0.25, 0.3) is 5.91 Å². The van der Waals surface area contributed by atoms with E-state index in [0.717, 1.165) is 17.0 Å². The average molecular weight is 453 g/mol. The zero-order valence-corrected chi connectivity index (χ0v) is 17.2. The van der Waals surface area contributed by atoms with Crippen LogP contribution in [-0.4, -0.2) is 28.8 Å². The molecule has 1 fully saturated rings. The Kier molecular flexibility index (Phi) is 6.12. The minimum atomic E-state index is -1.15. The maximum absolute atomic E-state index is 13.3. The van der Waals surface area contributed by atoms with Gasteiger partial charge in [-0.05, 0) is 66.2 Å². The van der Waals surface area contributed by atoms with Gasteiger partial charge in [-0.3, -0.25) is 9.59 Å². The number of benzene rings is 3. The number of nitrogens with one attached hydrogen (secondary N) is 1. The van der Waals surface area contributed by atoms with Gasteiger partial charge in [0.1, 0.15) is 23.5 Å². The third-order valence-corrected chi connectivity index (χ3v) is 5.18. The highest BCUT2D eigenvalue weighted by Crippen LogP contribution is 2.29. The minimum absolute atomic E-state index is 0.0446. The van der Waals surface area contributed by atoms with Crippen molar-refractivity contribution in [2.24, 2.45) is 0 Å². The second-order valence-electron chi connectivity index (χ2n) is 7.46. The fraction of sp³-hybridized carbons (Fsp3) is 0.125. The van der Waals surface area contributed by atoms with Crippen LogP contribution >= 0.6 is 0 Å². The van der Waals surface area contributed by atoms with Crippen molar-refractivity contribution in [2.45, 2.75) is 19.0 Å². The zero-order chi connectivity index (χ0) is 23.5. The van der Waals surface area contributed by atoms with Gasteiger partial charge in [-0.15, -0.1) is 0 Å². The van der Waals surface area contributed by atoms with Gasteiger partial charge >= 0.3 is 6.03 Å². The van der Waals surface area contributed by atoms with Crippen molar-refractivity contribution in [2.75, 3.05) is 10.2 Å². The van der Waals surface area contributed by atoms with Gasteiger partial charge in [0.15, 0.2) is 0 Å². The Hall–Kier alpha value is -4.14. The zero-order valence-electron chi connectivity index (χ0n) is 17.2. The van der Waals surface area contributed by atoms with Crippen molar-refractivity contribution in [3.05, 3.63) is 95.8 Å². The third kappa shape index (κ3) is 4.87. The van der Waals surface area contributed by atoms with Gasteiger partial charge in [0.2, 0.25) is 5.91 Å². The van der Waals surface area contributed by atoms with Crippen molar-refractivity contribution in [1.82, 2.24) is 4.90 Å². The summed E-state index contributed by atoms with van der Waals surface area (Å²) in [5.74, 6) is -2.66. The van der Waals surface area contributed by atoms with E-state index in [2.05, 4.69) is 5.32 Å². The van der Waals surface area contributed by atoms with Gasteiger partial charge in [-0.25, -0.2) is 22.9 Å². The molecular formula is C24H18F3N3O3. The van der Waals surface area contributed by atoms with Crippen molar-refractivity contribution < 1.29 is 27.6 Å². The van der Waals surface area contributed by atoms with Gasteiger partial charge in [-0.2, -0.15) is 0 Å². The first-order valence-electron chi connectivity index (χ1n) is 10.0. The fourth-order valence-electron chi connectivity index (χ4n) is 3.55. The molecule has 4 rings (SSSR count). The summed E-state index contributed by atoms with van der Waals surface area (Å²) in [5, 5.41) is 2.57. The van der Waals surface area contributed by atoms with Crippen LogP contribution in [-0.2, 0) is 16.1 Å². The SMILES string of the molecule is O=C(CC1C(=O)N(c2ccc(F)cc2)C(=O)N1Cc1ccc(F)cc1)Nc1ccc(F)cc1. The van der Waals surface area contributed by atoms with E-state index in [1.807, 2.05) is 0 Å². The fourth-order valence-corrected chi connectivity index (χ4v) is 3.55. The largest absolute Gasteiger partial charge is 0.332 e. The van der Waals surface area contributed by atoms with Crippen molar-refractivity contribution in [3.63, 3.8) is 0 Å². The van der Waals surface area contributed by atoms with Crippen LogP contribution in [0.5, 0.6) is 0 Å². The molecule has 168 valence electrons. The third-order valence-electron chi connectivity index (χ3n) is 5.18. The molecule has 1 aliphatic heterocycles. The van der Waals surface area contributed by atoms with E-state index in [0.29, 0.717) is 11.3 Å². The summed E-state index contributed by atoms with van der Waals surface area (Å²) >= 11 is 0. The molecule has 0 spiro atoms. The Morgan fingerprint density at radius 2 is 1.30 bits per heavy atom. The molecule has 1 atom stereocenters. The molecule has 33 heavy (non-hydrogen) atoms. The van der Waals surface area contributed by atoms with Crippen LogP contribution in [0.15, 0.2) is 72.8 Å². The molecule has 0 aromatic heterocycles.